The summed E-state index contributed by atoms with van der Waals surface area (Å²) in [5, 5.41) is 0.598. The smallest absolute Gasteiger partial charge is 0.281 e. The molecule has 0 aliphatic carbocycles. The van der Waals surface area contributed by atoms with E-state index < -0.39 is 10.0 Å². The van der Waals surface area contributed by atoms with Crippen molar-refractivity contribution in [3.63, 3.8) is 0 Å². The molecule has 0 radical (unpaired) electrons. The lowest BCUT2D eigenvalue weighted by Gasteiger charge is -2.13. The number of hydrogen-bond donors (Lipinski definition) is 1. The minimum atomic E-state index is -3.61. The van der Waals surface area contributed by atoms with Crippen LogP contribution in [0, 0.1) is 0 Å². The molecule has 0 amide bonds. The molecule has 4 rings (SSSR count). The maximum Gasteiger partial charge on any atom is 0.281 e. The zero-order valence-electron chi connectivity index (χ0n) is 14.2. The van der Waals surface area contributed by atoms with Crippen LogP contribution in [-0.4, -0.2) is 29.6 Å². The van der Waals surface area contributed by atoms with Gasteiger partial charge in [-0.15, -0.1) is 0 Å². The van der Waals surface area contributed by atoms with E-state index in [4.69, 9.17) is 0 Å². The van der Waals surface area contributed by atoms with Crippen molar-refractivity contribution in [1.29, 1.82) is 0 Å². The Morgan fingerprint density at radius 3 is 2.50 bits per heavy atom. The number of benzene rings is 2. The Hall–Kier alpha value is -2.97. The van der Waals surface area contributed by atoms with Gasteiger partial charge in [0, 0.05) is 18.1 Å². The average Bonchev–Trinajstić information content (AvgIpc) is 3.05. The number of para-hydroxylation sites is 1. The molecule has 2 aromatic heterocycles. The number of rotatable bonds is 3. The number of nitrogens with zero attached hydrogens (tertiary/aromatic N) is 3. The van der Waals surface area contributed by atoms with Crippen molar-refractivity contribution in [2.45, 2.75) is 4.90 Å². The Morgan fingerprint density at radius 2 is 1.81 bits per heavy atom. The highest BCUT2D eigenvalue weighted by Gasteiger charge is 2.19. The third-order valence-corrected chi connectivity index (χ3v) is 5.81. The highest BCUT2D eigenvalue weighted by molar-refractivity contribution is 7.89. The highest BCUT2D eigenvalue weighted by Crippen LogP contribution is 2.26. The second-order valence-electron chi connectivity index (χ2n) is 5.92. The van der Waals surface area contributed by atoms with E-state index in [1.54, 1.807) is 34.6 Å². The minimum Gasteiger partial charge on any atom is -0.329 e. The van der Waals surface area contributed by atoms with Crippen LogP contribution in [0.2, 0.25) is 0 Å². The fourth-order valence-electron chi connectivity index (χ4n) is 3.11. The number of sulfonamides is 1. The minimum absolute atomic E-state index is 0.123. The molecule has 1 N–H and O–H groups in total. The molecule has 8 heteroatoms. The van der Waals surface area contributed by atoms with Gasteiger partial charge in [0.05, 0.1) is 16.7 Å². The Balaban J connectivity index is 2.22. The van der Waals surface area contributed by atoms with Crippen LogP contribution in [0.5, 0.6) is 0 Å². The summed E-state index contributed by atoms with van der Waals surface area (Å²) in [6.45, 7) is 0. The van der Waals surface area contributed by atoms with Gasteiger partial charge in [0.2, 0.25) is 10.0 Å². The van der Waals surface area contributed by atoms with Gasteiger partial charge in [-0.2, -0.15) is 0 Å². The molecule has 7 nitrogen and oxygen atoms in total. The molecule has 0 bridgehead atoms. The second kappa shape index (κ2) is 5.79. The van der Waals surface area contributed by atoms with Crippen LogP contribution in [0.4, 0.5) is 0 Å². The van der Waals surface area contributed by atoms with Crippen LogP contribution >= 0.6 is 0 Å². The van der Waals surface area contributed by atoms with Crippen molar-refractivity contribution in [2.24, 2.45) is 7.05 Å². The normalized spacial score (nSPS) is 12.1. The molecule has 0 atom stereocenters. The largest absolute Gasteiger partial charge is 0.329 e. The monoisotopic (exact) mass is 368 g/mol. The summed E-state index contributed by atoms with van der Waals surface area (Å²) >= 11 is 0. The molecule has 0 aliphatic heterocycles. The number of aryl methyl sites for hydroxylation is 1. The number of nitrogens with one attached hydrogen (secondary N) is 1. The molecule has 0 unspecified atom stereocenters. The van der Waals surface area contributed by atoms with Crippen molar-refractivity contribution in [3.05, 3.63) is 65.2 Å². The van der Waals surface area contributed by atoms with Gasteiger partial charge in [-0.3, -0.25) is 9.36 Å². The zero-order chi connectivity index (χ0) is 18.5. The van der Waals surface area contributed by atoms with E-state index >= 15 is 0 Å². The first-order chi connectivity index (χ1) is 12.4. The lowest BCUT2D eigenvalue weighted by atomic mass is 10.1. The van der Waals surface area contributed by atoms with E-state index in [2.05, 4.69) is 9.71 Å². The summed E-state index contributed by atoms with van der Waals surface area (Å²) in [6, 6.07) is 13.9. The quantitative estimate of drug-likeness (QED) is 0.597. The van der Waals surface area contributed by atoms with Crippen molar-refractivity contribution in [2.75, 3.05) is 7.05 Å². The molecule has 0 aliphatic rings. The first-order valence-electron chi connectivity index (χ1n) is 7.93. The van der Waals surface area contributed by atoms with Gasteiger partial charge >= 0.3 is 0 Å². The molecule has 2 heterocycles. The molecular weight excluding hydrogens is 352 g/mol. The summed E-state index contributed by atoms with van der Waals surface area (Å²) in [6.07, 6.45) is 1.56. The van der Waals surface area contributed by atoms with E-state index in [0.717, 1.165) is 0 Å². The van der Waals surface area contributed by atoms with Gasteiger partial charge in [0.1, 0.15) is 11.0 Å². The molecule has 0 fully saturated rings. The molecule has 4 aromatic rings. The first-order valence-corrected chi connectivity index (χ1v) is 9.41. The molecule has 0 saturated heterocycles. The number of imidazole rings is 1. The number of hydrogen-bond acceptors (Lipinski definition) is 4. The lowest BCUT2D eigenvalue weighted by molar-refractivity contribution is 0.588. The van der Waals surface area contributed by atoms with Gasteiger partial charge in [0.25, 0.3) is 5.56 Å². The SMILES string of the molecule is CNS(=O)(=O)c1ccc2c(c1)c1ncn(C)c1c(=O)n2-c1ccccc1. The van der Waals surface area contributed by atoms with Gasteiger partial charge < -0.3 is 4.57 Å². The van der Waals surface area contributed by atoms with Crippen LogP contribution in [0.1, 0.15) is 0 Å². The van der Waals surface area contributed by atoms with Gasteiger partial charge in [-0.05, 0) is 37.4 Å². The Labute approximate surface area is 149 Å². The third-order valence-electron chi connectivity index (χ3n) is 4.40. The maximum absolute atomic E-state index is 13.1. The van der Waals surface area contributed by atoms with Crippen LogP contribution in [0.15, 0.2) is 64.5 Å². The third kappa shape index (κ3) is 2.34. The topological polar surface area (TPSA) is 86.0 Å². The van der Waals surface area contributed by atoms with Gasteiger partial charge in [0.15, 0.2) is 0 Å². The van der Waals surface area contributed by atoms with Crippen LogP contribution in [0.3, 0.4) is 0 Å². The zero-order valence-corrected chi connectivity index (χ0v) is 15.0. The van der Waals surface area contributed by atoms with E-state index in [0.29, 0.717) is 27.6 Å². The van der Waals surface area contributed by atoms with Gasteiger partial charge in [-0.1, -0.05) is 18.2 Å². The molecular formula is C18H16N4O3S. The molecule has 0 spiro atoms. The van der Waals surface area contributed by atoms with Gasteiger partial charge in [-0.25, -0.2) is 18.1 Å². The van der Waals surface area contributed by atoms with Crippen molar-refractivity contribution in [3.8, 4) is 5.69 Å². The average molecular weight is 368 g/mol. The van der Waals surface area contributed by atoms with Crippen LogP contribution in [-0.2, 0) is 17.1 Å². The van der Waals surface area contributed by atoms with E-state index in [-0.39, 0.29) is 10.5 Å². The number of fused-ring (bicyclic) bond motifs is 3. The van der Waals surface area contributed by atoms with E-state index in [1.165, 1.54) is 13.1 Å². The maximum atomic E-state index is 13.1. The summed E-state index contributed by atoms with van der Waals surface area (Å²) in [4.78, 5) is 17.6. The molecule has 132 valence electrons. The molecule has 26 heavy (non-hydrogen) atoms. The lowest BCUT2D eigenvalue weighted by Crippen LogP contribution is -2.22. The Morgan fingerprint density at radius 1 is 1.08 bits per heavy atom. The van der Waals surface area contributed by atoms with Crippen molar-refractivity contribution < 1.29 is 8.42 Å². The summed E-state index contributed by atoms with van der Waals surface area (Å²) in [7, 11) is -0.507. The fraction of sp³-hybridized carbons (Fsp3) is 0.111. The van der Waals surface area contributed by atoms with Crippen LogP contribution in [0.25, 0.3) is 27.6 Å². The van der Waals surface area contributed by atoms with Crippen molar-refractivity contribution >= 4 is 32.0 Å². The number of pyridine rings is 1. The molecule has 0 saturated carbocycles. The first kappa shape index (κ1) is 16.5. The van der Waals surface area contributed by atoms with Crippen molar-refractivity contribution in [1.82, 2.24) is 18.8 Å². The fourth-order valence-corrected chi connectivity index (χ4v) is 3.87. The summed E-state index contributed by atoms with van der Waals surface area (Å²) < 4.78 is 29.9. The second-order valence-corrected chi connectivity index (χ2v) is 7.80. The molecule has 2 aromatic carbocycles. The Kier molecular flexibility index (Phi) is 3.67. The summed E-state index contributed by atoms with van der Waals surface area (Å²) in [5.41, 5.74) is 1.99. The highest BCUT2D eigenvalue weighted by atomic mass is 32.2. The predicted octanol–water partition coefficient (Wildman–Crippen LogP) is 1.79. The van der Waals surface area contributed by atoms with E-state index in [1.807, 2.05) is 30.3 Å². The van der Waals surface area contributed by atoms with E-state index in [9.17, 15) is 13.2 Å². The standard InChI is InChI=1S/C18H16N4O3S/c1-19-26(24,25)13-8-9-15-14(10-13)16-17(21(2)11-20-16)18(23)22(15)12-6-4-3-5-7-12/h3-11,19H,1-2H3. The number of aromatic nitrogens is 3. The Bertz CT molecular complexity index is 1310. The summed E-state index contributed by atoms with van der Waals surface area (Å²) in [5.74, 6) is 0. The predicted molar refractivity (Wildman–Crippen MR) is 100 cm³/mol. The van der Waals surface area contributed by atoms with Crippen LogP contribution < -0.4 is 10.3 Å².